The minimum atomic E-state index is -0.410. The number of carbonyl (C=O) groups is 1. The molecule has 0 bridgehead atoms. The Morgan fingerprint density at radius 2 is 1.92 bits per heavy atom. The summed E-state index contributed by atoms with van der Waals surface area (Å²) in [6.45, 7) is 0.905. The standard InChI is InChI=1S/C21H24FNO3/c22-17-8-2-4-10-19(17)25-14-16-11-12-20(26-16)21(24)23-13-5-7-15-6-1-3-9-18(15)23/h2,4,8,10-12,15,18H,1,3,5-7,9,13-14H2. The van der Waals surface area contributed by atoms with Crippen LogP contribution in [-0.2, 0) is 6.61 Å². The van der Waals surface area contributed by atoms with Crippen molar-refractivity contribution >= 4 is 5.91 Å². The maximum Gasteiger partial charge on any atom is 0.289 e. The first-order valence-electron chi connectivity index (χ1n) is 9.49. The van der Waals surface area contributed by atoms with Crippen molar-refractivity contribution in [3.63, 3.8) is 0 Å². The molecule has 4 rings (SSSR count). The molecule has 0 radical (unpaired) electrons. The smallest absolute Gasteiger partial charge is 0.289 e. The van der Waals surface area contributed by atoms with Crippen LogP contribution >= 0.6 is 0 Å². The summed E-state index contributed by atoms with van der Waals surface area (Å²) in [5, 5.41) is 0. The van der Waals surface area contributed by atoms with E-state index in [0.717, 1.165) is 19.4 Å². The number of ether oxygens (including phenoxy) is 1. The molecule has 1 saturated carbocycles. The highest BCUT2D eigenvalue weighted by Crippen LogP contribution is 2.36. The van der Waals surface area contributed by atoms with Crippen molar-refractivity contribution in [3.8, 4) is 5.75 Å². The van der Waals surface area contributed by atoms with Gasteiger partial charge >= 0.3 is 0 Å². The van der Waals surface area contributed by atoms with Crippen molar-refractivity contribution in [2.24, 2.45) is 5.92 Å². The first-order valence-corrected chi connectivity index (χ1v) is 9.49. The van der Waals surface area contributed by atoms with Crippen LogP contribution in [0, 0.1) is 11.7 Å². The van der Waals surface area contributed by atoms with E-state index in [1.807, 2.05) is 4.90 Å². The van der Waals surface area contributed by atoms with Gasteiger partial charge in [-0.15, -0.1) is 0 Å². The molecule has 1 saturated heterocycles. The maximum atomic E-state index is 13.6. The van der Waals surface area contributed by atoms with Crippen molar-refractivity contribution < 1.29 is 18.3 Å². The highest BCUT2D eigenvalue weighted by molar-refractivity contribution is 5.91. The van der Waals surface area contributed by atoms with Crippen LogP contribution in [0.3, 0.4) is 0 Å². The summed E-state index contributed by atoms with van der Waals surface area (Å²) in [5.41, 5.74) is 0. The van der Waals surface area contributed by atoms with Crippen molar-refractivity contribution in [1.29, 1.82) is 0 Å². The summed E-state index contributed by atoms with van der Waals surface area (Å²) < 4.78 is 24.8. The predicted molar refractivity (Wildman–Crippen MR) is 95.5 cm³/mol. The second-order valence-corrected chi connectivity index (χ2v) is 7.24. The third-order valence-electron chi connectivity index (χ3n) is 5.58. The van der Waals surface area contributed by atoms with Gasteiger partial charge in [0.2, 0.25) is 0 Å². The Labute approximate surface area is 152 Å². The average Bonchev–Trinajstić information content (AvgIpc) is 3.15. The number of nitrogens with zero attached hydrogens (tertiary/aromatic N) is 1. The van der Waals surface area contributed by atoms with E-state index in [1.165, 1.54) is 31.7 Å². The third-order valence-corrected chi connectivity index (χ3v) is 5.58. The van der Waals surface area contributed by atoms with Gasteiger partial charge in [-0.05, 0) is 55.9 Å². The van der Waals surface area contributed by atoms with E-state index in [-0.39, 0.29) is 18.3 Å². The van der Waals surface area contributed by atoms with Crippen molar-refractivity contribution in [3.05, 3.63) is 53.7 Å². The van der Waals surface area contributed by atoms with Crippen LogP contribution in [0.4, 0.5) is 4.39 Å². The number of para-hydroxylation sites is 1. The number of benzene rings is 1. The lowest BCUT2D eigenvalue weighted by atomic mass is 9.78. The monoisotopic (exact) mass is 357 g/mol. The molecule has 5 heteroatoms. The molecule has 2 unspecified atom stereocenters. The van der Waals surface area contributed by atoms with Crippen LogP contribution in [0.25, 0.3) is 0 Å². The SMILES string of the molecule is O=C(c1ccc(COc2ccccc2F)o1)N1CCCC2CCCCC21. The lowest BCUT2D eigenvalue weighted by Gasteiger charge is -2.43. The zero-order valence-electron chi connectivity index (χ0n) is 14.8. The van der Waals surface area contributed by atoms with E-state index in [1.54, 1.807) is 30.3 Å². The zero-order chi connectivity index (χ0) is 17.9. The number of rotatable bonds is 4. The predicted octanol–water partition coefficient (Wildman–Crippen LogP) is 4.79. The van der Waals surface area contributed by atoms with Crippen LogP contribution in [-0.4, -0.2) is 23.4 Å². The van der Waals surface area contributed by atoms with Crippen molar-refractivity contribution in [2.75, 3.05) is 6.54 Å². The quantitative estimate of drug-likeness (QED) is 0.790. The van der Waals surface area contributed by atoms with Gasteiger partial charge in [0.1, 0.15) is 12.4 Å². The Morgan fingerprint density at radius 1 is 1.12 bits per heavy atom. The van der Waals surface area contributed by atoms with Gasteiger partial charge in [-0.1, -0.05) is 25.0 Å². The number of hydrogen-bond donors (Lipinski definition) is 0. The molecule has 0 spiro atoms. The lowest BCUT2D eigenvalue weighted by Crippen LogP contribution is -2.49. The number of amides is 1. The first kappa shape index (κ1) is 17.1. The Bertz CT molecular complexity index is 770. The number of piperidine rings is 1. The van der Waals surface area contributed by atoms with Gasteiger partial charge in [-0.3, -0.25) is 4.79 Å². The molecule has 26 heavy (non-hydrogen) atoms. The van der Waals surface area contributed by atoms with Crippen LogP contribution in [0.15, 0.2) is 40.8 Å². The molecule has 4 nitrogen and oxygen atoms in total. The summed E-state index contributed by atoms with van der Waals surface area (Å²) in [5.74, 6) is 1.25. The molecule has 1 aliphatic carbocycles. The van der Waals surface area contributed by atoms with Crippen molar-refractivity contribution in [2.45, 2.75) is 51.2 Å². The molecule has 1 amide bonds. The normalized spacial score (nSPS) is 22.7. The molecule has 2 aromatic rings. The Hall–Kier alpha value is -2.30. The number of fused-ring (bicyclic) bond motifs is 1. The molecule has 2 heterocycles. The highest BCUT2D eigenvalue weighted by Gasteiger charge is 2.36. The Balaban J connectivity index is 1.42. The topological polar surface area (TPSA) is 42.7 Å². The molecule has 138 valence electrons. The Kier molecular flexibility index (Phi) is 4.96. The number of likely N-dealkylation sites (tertiary alicyclic amines) is 1. The fraction of sp³-hybridized carbons (Fsp3) is 0.476. The minimum absolute atomic E-state index is 0.0289. The molecular weight excluding hydrogens is 333 g/mol. The fourth-order valence-electron chi connectivity index (χ4n) is 4.30. The largest absolute Gasteiger partial charge is 0.483 e. The van der Waals surface area contributed by atoms with Gasteiger partial charge < -0.3 is 14.1 Å². The summed E-state index contributed by atoms with van der Waals surface area (Å²) in [4.78, 5) is 14.9. The van der Waals surface area contributed by atoms with Crippen LogP contribution in [0.2, 0.25) is 0 Å². The molecule has 1 aromatic heterocycles. The third kappa shape index (κ3) is 3.48. The average molecular weight is 357 g/mol. The molecule has 2 fully saturated rings. The molecule has 0 N–H and O–H groups in total. The molecule has 1 aromatic carbocycles. The number of carbonyl (C=O) groups excluding carboxylic acids is 1. The van der Waals surface area contributed by atoms with Crippen LogP contribution in [0.1, 0.15) is 54.8 Å². The van der Waals surface area contributed by atoms with E-state index in [4.69, 9.17) is 9.15 Å². The van der Waals surface area contributed by atoms with Gasteiger partial charge in [-0.2, -0.15) is 0 Å². The Morgan fingerprint density at radius 3 is 2.81 bits per heavy atom. The second-order valence-electron chi connectivity index (χ2n) is 7.24. The summed E-state index contributed by atoms with van der Waals surface area (Å²) >= 11 is 0. The number of halogens is 1. The van der Waals surface area contributed by atoms with E-state index >= 15 is 0 Å². The minimum Gasteiger partial charge on any atom is -0.483 e. The van der Waals surface area contributed by atoms with Gasteiger partial charge in [0.15, 0.2) is 17.3 Å². The first-order chi connectivity index (χ1) is 12.7. The van der Waals surface area contributed by atoms with Crippen LogP contribution < -0.4 is 4.74 Å². The summed E-state index contributed by atoms with van der Waals surface area (Å²) in [6.07, 6.45) is 7.10. The van der Waals surface area contributed by atoms with Gasteiger partial charge in [-0.25, -0.2) is 4.39 Å². The van der Waals surface area contributed by atoms with Gasteiger partial charge in [0.25, 0.3) is 5.91 Å². The number of hydrogen-bond acceptors (Lipinski definition) is 3. The zero-order valence-corrected chi connectivity index (χ0v) is 14.8. The second kappa shape index (κ2) is 7.52. The van der Waals surface area contributed by atoms with E-state index in [0.29, 0.717) is 23.5 Å². The molecule has 2 atom stereocenters. The van der Waals surface area contributed by atoms with Crippen LogP contribution in [0.5, 0.6) is 5.75 Å². The van der Waals surface area contributed by atoms with E-state index < -0.39 is 5.82 Å². The van der Waals surface area contributed by atoms with E-state index in [2.05, 4.69) is 0 Å². The van der Waals surface area contributed by atoms with Gasteiger partial charge in [0, 0.05) is 12.6 Å². The van der Waals surface area contributed by atoms with E-state index in [9.17, 15) is 9.18 Å². The highest BCUT2D eigenvalue weighted by atomic mass is 19.1. The molecular formula is C21H24FNO3. The fourth-order valence-corrected chi connectivity index (χ4v) is 4.30. The summed E-state index contributed by atoms with van der Waals surface area (Å²) in [6, 6.07) is 10.0. The lowest BCUT2D eigenvalue weighted by molar-refractivity contribution is 0.0359. The maximum absolute atomic E-state index is 13.6. The van der Waals surface area contributed by atoms with Gasteiger partial charge in [0.05, 0.1) is 0 Å². The molecule has 2 aliphatic rings. The molecule has 1 aliphatic heterocycles. The van der Waals surface area contributed by atoms with Crippen molar-refractivity contribution in [1.82, 2.24) is 4.90 Å². The number of furan rings is 1. The summed E-state index contributed by atoms with van der Waals surface area (Å²) in [7, 11) is 0.